The molecular formula is C13H19N3O. The average molecular weight is 233 g/mol. The number of pyridine rings is 1. The lowest BCUT2D eigenvalue weighted by molar-refractivity contribution is 0.154. The van der Waals surface area contributed by atoms with Crippen LogP contribution >= 0.6 is 0 Å². The van der Waals surface area contributed by atoms with Gasteiger partial charge in [0.25, 0.3) is 0 Å². The second-order valence-electron chi connectivity index (χ2n) is 3.71. The highest BCUT2D eigenvalue weighted by molar-refractivity contribution is 5.57. The molecule has 0 radical (unpaired) electrons. The van der Waals surface area contributed by atoms with E-state index in [1.165, 1.54) is 0 Å². The molecule has 0 aliphatic rings. The number of nitriles is 1. The van der Waals surface area contributed by atoms with Crippen molar-refractivity contribution >= 4 is 5.82 Å². The Morgan fingerprint density at radius 3 is 2.82 bits per heavy atom. The second kappa shape index (κ2) is 6.87. The van der Waals surface area contributed by atoms with Gasteiger partial charge in [-0.15, -0.1) is 0 Å². The maximum absolute atomic E-state index is 9.17. The molecule has 0 aliphatic carbocycles. The molecule has 1 aromatic heterocycles. The Kier molecular flexibility index (Phi) is 5.44. The van der Waals surface area contributed by atoms with Crippen LogP contribution in [0.25, 0.3) is 0 Å². The molecule has 0 fully saturated rings. The van der Waals surface area contributed by atoms with Crippen molar-refractivity contribution in [1.82, 2.24) is 4.98 Å². The maximum atomic E-state index is 9.17. The number of hydrogen-bond acceptors (Lipinski definition) is 4. The fraction of sp³-hybridized carbons (Fsp3) is 0.538. The highest BCUT2D eigenvalue weighted by Crippen LogP contribution is 2.19. The number of hydrogen-bond donors (Lipinski definition) is 0. The van der Waals surface area contributed by atoms with Gasteiger partial charge >= 0.3 is 0 Å². The first kappa shape index (κ1) is 13.5. The molecule has 4 nitrogen and oxygen atoms in total. The van der Waals surface area contributed by atoms with Gasteiger partial charge in [0.1, 0.15) is 11.9 Å². The highest BCUT2D eigenvalue weighted by atomic mass is 16.5. The molecular weight excluding hydrogens is 214 g/mol. The van der Waals surface area contributed by atoms with E-state index in [0.29, 0.717) is 18.8 Å². The fourth-order valence-corrected chi connectivity index (χ4v) is 1.65. The molecule has 0 saturated carbocycles. The summed E-state index contributed by atoms with van der Waals surface area (Å²) < 4.78 is 5.34. The van der Waals surface area contributed by atoms with E-state index in [1.807, 2.05) is 19.9 Å². The van der Waals surface area contributed by atoms with Crippen molar-refractivity contribution in [3.63, 3.8) is 0 Å². The van der Waals surface area contributed by atoms with Crippen molar-refractivity contribution < 1.29 is 4.74 Å². The molecule has 4 heteroatoms. The van der Waals surface area contributed by atoms with E-state index < -0.39 is 0 Å². The van der Waals surface area contributed by atoms with Crippen LogP contribution in [0.1, 0.15) is 25.0 Å². The summed E-state index contributed by atoms with van der Waals surface area (Å²) in [5.74, 6) is 0.759. The minimum atomic E-state index is 0.658. The summed E-state index contributed by atoms with van der Waals surface area (Å²) in [4.78, 5) is 6.38. The molecule has 0 atom stereocenters. The van der Waals surface area contributed by atoms with Gasteiger partial charge in [-0.05, 0) is 32.4 Å². The number of rotatable bonds is 6. The molecule has 92 valence electrons. The van der Waals surface area contributed by atoms with Gasteiger partial charge in [0, 0.05) is 25.9 Å². The Balaban J connectivity index is 2.88. The summed E-state index contributed by atoms with van der Waals surface area (Å²) in [5.41, 5.74) is 1.62. The summed E-state index contributed by atoms with van der Waals surface area (Å²) in [5, 5.41) is 9.17. The number of aryl methyl sites for hydroxylation is 1. The van der Waals surface area contributed by atoms with Crippen LogP contribution in [0.5, 0.6) is 0 Å². The van der Waals surface area contributed by atoms with E-state index in [2.05, 4.69) is 22.9 Å². The third kappa shape index (κ3) is 3.43. The predicted octanol–water partition coefficient (Wildman–Crippen LogP) is 2.12. The lowest BCUT2D eigenvalue weighted by atomic mass is 10.1. The van der Waals surface area contributed by atoms with Crippen LogP contribution in [0.4, 0.5) is 5.82 Å². The summed E-state index contributed by atoms with van der Waals surface area (Å²) in [6.07, 6.45) is 1.74. The fourth-order valence-electron chi connectivity index (χ4n) is 1.65. The van der Waals surface area contributed by atoms with E-state index in [9.17, 15) is 0 Å². The van der Waals surface area contributed by atoms with Crippen molar-refractivity contribution in [2.24, 2.45) is 0 Å². The largest absolute Gasteiger partial charge is 0.380 e. The third-order valence-corrected chi connectivity index (χ3v) is 2.64. The van der Waals surface area contributed by atoms with Gasteiger partial charge in [-0.2, -0.15) is 5.26 Å². The Morgan fingerprint density at radius 1 is 1.47 bits per heavy atom. The van der Waals surface area contributed by atoms with Crippen LogP contribution in [0.3, 0.4) is 0 Å². The minimum absolute atomic E-state index is 0.658. The summed E-state index contributed by atoms with van der Waals surface area (Å²) >= 11 is 0. The SMILES string of the molecule is CCOCCN(CC)c1nccc(C)c1C#N. The molecule has 0 N–H and O–H groups in total. The Morgan fingerprint density at radius 2 is 2.24 bits per heavy atom. The standard InChI is InChI=1S/C13H19N3O/c1-4-16(8-9-17-5-2)13-12(10-14)11(3)6-7-15-13/h6-7H,4-5,8-9H2,1-3H3. The molecule has 1 rings (SSSR count). The Labute approximate surface area is 103 Å². The van der Waals surface area contributed by atoms with Crippen molar-refractivity contribution in [1.29, 1.82) is 5.26 Å². The third-order valence-electron chi connectivity index (χ3n) is 2.64. The summed E-state index contributed by atoms with van der Waals surface area (Å²) in [6, 6.07) is 4.08. The molecule has 0 amide bonds. The zero-order chi connectivity index (χ0) is 12.7. The lowest BCUT2D eigenvalue weighted by Gasteiger charge is -2.23. The van der Waals surface area contributed by atoms with Gasteiger partial charge in [0.2, 0.25) is 0 Å². The topological polar surface area (TPSA) is 49.1 Å². The quantitative estimate of drug-likeness (QED) is 0.706. The smallest absolute Gasteiger partial charge is 0.146 e. The molecule has 1 aromatic rings. The molecule has 1 heterocycles. The van der Waals surface area contributed by atoms with Gasteiger partial charge < -0.3 is 9.64 Å². The van der Waals surface area contributed by atoms with Crippen LogP contribution in [-0.4, -0.2) is 31.3 Å². The van der Waals surface area contributed by atoms with E-state index in [4.69, 9.17) is 10.00 Å². The van der Waals surface area contributed by atoms with Crippen molar-refractivity contribution in [2.75, 3.05) is 31.2 Å². The predicted molar refractivity (Wildman–Crippen MR) is 68.1 cm³/mol. The van der Waals surface area contributed by atoms with E-state index >= 15 is 0 Å². The zero-order valence-electron chi connectivity index (χ0n) is 10.7. The first-order valence-corrected chi connectivity index (χ1v) is 5.93. The van der Waals surface area contributed by atoms with Gasteiger partial charge in [-0.3, -0.25) is 0 Å². The molecule has 0 unspecified atom stereocenters. The number of nitrogens with zero attached hydrogens (tertiary/aromatic N) is 3. The lowest BCUT2D eigenvalue weighted by Crippen LogP contribution is -2.29. The van der Waals surface area contributed by atoms with Gasteiger partial charge in [-0.25, -0.2) is 4.98 Å². The minimum Gasteiger partial charge on any atom is -0.380 e. The summed E-state index contributed by atoms with van der Waals surface area (Å²) in [7, 11) is 0. The van der Waals surface area contributed by atoms with Crippen molar-refractivity contribution in [3.8, 4) is 6.07 Å². The van der Waals surface area contributed by atoms with Crippen LogP contribution in [0.2, 0.25) is 0 Å². The average Bonchev–Trinajstić information content (AvgIpc) is 2.34. The summed E-state index contributed by atoms with van der Waals surface area (Å²) in [6.45, 7) is 8.90. The molecule has 0 bridgehead atoms. The molecule has 0 aliphatic heterocycles. The molecule has 0 spiro atoms. The van der Waals surface area contributed by atoms with Crippen molar-refractivity contribution in [2.45, 2.75) is 20.8 Å². The number of anilines is 1. The second-order valence-corrected chi connectivity index (χ2v) is 3.71. The van der Waals surface area contributed by atoms with Gasteiger partial charge in [0.05, 0.1) is 12.2 Å². The Bertz CT molecular complexity index is 398. The first-order chi connectivity index (χ1) is 8.24. The first-order valence-electron chi connectivity index (χ1n) is 5.93. The molecule has 0 aromatic carbocycles. The number of likely N-dealkylation sites (N-methyl/N-ethyl adjacent to an activating group) is 1. The monoisotopic (exact) mass is 233 g/mol. The van der Waals surface area contributed by atoms with E-state index in [1.54, 1.807) is 6.20 Å². The normalized spacial score (nSPS) is 10.0. The number of ether oxygens (including phenoxy) is 1. The Hall–Kier alpha value is -1.60. The van der Waals surface area contributed by atoms with E-state index in [0.717, 1.165) is 24.5 Å². The van der Waals surface area contributed by atoms with Gasteiger partial charge in [0.15, 0.2) is 0 Å². The van der Waals surface area contributed by atoms with Crippen LogP contribution in [0.15, 0.2) is 12.3 Å². The van der Waals surface area contributed by atoms with Crippen LogP contribution < -0.4 is 4.90 Å². The maximum Gasteiger partial charge on any atom is 0.146 e. The van der Waals surface area contributed by atoms with Crippen molar-refractivity contribution in [3.05, 3.63) is 23.4 Å². The van der Waals surface area contributed by atoms with Crippen LogP contribution in [0, 0.1) is 18.3 Å². The zero-order valence-corrected chi connectivity index (χ0v) is 10.7. The molecule has 17 heavy (non-hydrogen) atoms. The van der Waals surface area contributed by atoms with Gasteiger partial charge in [-0.1, -0.05) is 0 Å². The highest BCUT2D eigenvalue weighted by Gasteiger charge is 2.12. The molecule has 0 saturated heterocycles. The van der Waals surface area contributed by atoms with Crippen LogP contribution in [-0.2, 0) is 4.74 Å². The van der Waals surface area contributed by atoms with E-state index in [-0.39, 0.29) is 0 Å². The number of aromatic nitrogens is 1.